The molecule has 1 amide bonds. The largest absolute Gasteiger partial charge is 0.339 e. The number of nitrogens with zero attached hydrogens (tertiary/aromatic N) is 4. The number of carbonyl (C=O) groups is 1. The van der Waals surface area contributed by atoms with Crippen molar-refractivity contribution in [3.8, 4) is 10.6 Å². The number of rotatable bonds is 3. The average Bonchev–Trinajstić information content (AvgIpc) is 3.33. The lowest BCUT2D eigenvalue weighted by Gasteiger charge is -2.13. The van der Waals surface area contributed by atoms with Crippen LogP contribution in [-0.2, 0) is 0 Å². The van der Waals surface area contributed by atoms with Crippen molar-refractivity contribution >= 4 is 17.2 Å². The standard InChI is InChI=1S/C16H17N5O2S/c1-9-3-4-14(24-9)12-7-13(19-18-12)16(22)21-6-5-11(8-21)15-17-10(2)20-23-15/h3-4,7,11H,5-6,8H2,1-2H3,(H,18,19)/t11-/m1/s1. The molecule has 24 heavy (non-hydrogen) atoms. The number of H-pyrrole nitrogens is 1. The molecule has 1 aliphatic heterocycles. The molecule has 0 unspecified atom stereocenters. The fourth-order valence-electron chi connectivity index (χ4n) is 2.92. The molecule has 1 fully saturated rings. The number of aromatic nitrogens is 4. The Morgan fingerprint density at radius 2 is 2.29 bits per heavy atom. The molecule has 4 rings (SSSR count). The van der Waals surface area contributed by atoms with Crippen LogP contribution in [-0.4, -0.2) is 44.2 Å². The topological polar surface area (TPSA) is 87.9 Å². The average molecular weight is 343 g/mol. The number of aryl methyl sites for hydroxylation is 2. The Balaban J connectivity index is 1.47. The van der Waals surface area contributed by atoms with Gasteiger partial charge in [0, 0.05) is 18.0 Å². The van der Waals surface area contributed by atoms with Gasteiger partial charge in [0.15, 0.2) is 11.5 Å². The van der Waals surface area contributed by atoms with Gasteiger partial charge in [0.1, 0.15) is 0 Å². The van der Waals surface area contributed by atoms with Crippen molar-refractivity contribution in [1.82, 2.24) is 25.2 Å². The number of thiophene rings is 1. The number of aromatic amines is 1. The summed E-state index contributed by atoms with van der Waals surface area (Å²) < 4.78 is 5.23. The molecule has 124 valence electrons. The van der Waals surface area contributed by atoms with Crippen LogP contribution in [0.5, 0.6) is 0 Å². The number of hydrogen-bond donors (Lipinski definition) is 1. The van der Waals surface area contributed by atoms with Crippen molar-refractivity contribution < 1.29 is 9.32 Å². The van der Waals surface area contributed by atoms with Crippen LogP contribution in [0, 0.1) is 13.8 Å². The van der Waals surface area contributed by atoms with Gasteiger partial charge in [-0.2, -0.15) is 10.1 Å². The zero-order valence-electron chi connectivity index (χ0n) is 13.4. The molecule has 0 radical (unpaired) electrons. The second-order valence-electron chi connectivity index (χ2n) is 5.99. The smallest absolute Gasteiger partial charge is 0.274 e. The van der Waals surface area contributed by atoms with Gasteiger partial charge in [-0.3, -0.25) is 9.89 Å². The van der Waals surface area contributed by atoms with E-state index in [0.29, 0.717) is 30.5 Å². The van der Waals surface area contributed by atoms with E-state index in [4.69, 9.17) is 4.52 Å². The summed E-state index contributed by atoms with van der Waals surface area (Å²) in [5.41, 5.74) is 1.32. The SMILES string of the molecule is Cc1noc([C@@H]2CCN(C(=O)c3cc(-c4ccc(C)s4)[nH]n3)C2)n1. The maximum Gasteiger partial charge on any atom is 0.274 e. The van der Waals surface area contributed by atoms with E-state index in [-0.39, 0.29) is 11.8 Å². The highest BCUT2D eigenvalue weighted by molar-refractivity contribution is 7.15. The maximum absolute atomic E-state index is 12.7. The van der Waals surface area contributed by atoms with Crippen LogP contribution in [0.4, 0.5) is 0 Å². The molecule has 0 saturated carbocycles. The second kappa shape index (κ2) is 5.86. The fraction of sp³-hybridized carbons (Fsp3) is 0.375. The zero-order chi connectivity index (χ0) is 16.7. The van der Waals surface area contributed by atoms with Crippen LogP contribution in [0.15, 0.2) is 22.7 Å². The zero-order valence-corrected chi connectivity index (χ0v) is 14.3. The van der Waals surface area contributed by atoms with Crippen molar-refractivity contribution in [3.05, 3.63) is 40.5 Å². The van der Waals surface area contributed by atoms with Gasteiger partial charge in [0.05, 0.1) is 16.5 Å². The lowest BCUT2D eigenvalue weighted by Crippen LogP contribution is -2.28. The summed E-state index contributed by atoms with van der Waals surface area (Å²) in [5.74, 6) is 1.27. The maximum atomic E-state index is 12.7. The van der Waals surface area contributed by atoms with E-state index < -0.39 is 0 Å². The summed E-state index contributed by atoms with van der Waals surface area (Å²) in [6.07, 6.45) is 0.828. The minimum Gasteiger partial charge on any atom is -0.339 e. The Bertz CT molecular complexity index is 881. The van der Waals surface area contributed by atoms with Gasteiger partial charge in [-0.1, -0.05) is 5.16 Å². The summed E-state index contributed by atoms with van der Waals surface area (Å²) >= 11 is 1.67. The van der Waals surface area contributed by atoms with Gasteiger partial charge in [-0.25, -0.2) is 0 Å². The molecule has 1 saturated heterocycles. The molecule has 1 aliphatic rings. The normalized spacial score (nSPS) is 17.6. The minimum absolute atomic E-state index is 0.0653. The molecule has 1 atom stereocenters. The van der Waals surface area contributed by atoms with E-state index in [0.717, 1.165) is 17.0 Å². The van der Waals surface area contributed by atoms with E-state index in [2.05, 4.69) is 33.3 Å². The van der Waals surface area contributed by atoms with Crippen LogP contribution < -0.4 is 0 Å². The first-order valence-electron chi connectivity index (χ1n) is 7.82. The first-order chi connectivity index (χ1) is 11.6. The third kappa shape index (κ3) is 2.73. The van der Waals surface area contributed by atoms with Crippen LogP contribution in [0.3, 0.4) is 0 Å². The van der Waals surface area contributed by atoms with Crippen molar-refractivity contribution in [3.63, 3.8) is 0 Å². The fourth-order valence-corrected chi connectivity index (χ4v) is 3.76. The van der Waals surface area contributed by atoms with E-state index >= 15 is 0 Å². The summed E-state index contributed by atoms with van der Waals surface area (Å²) in [5, 5.41) is 11.0. The predicted molar refractivity (Wildman–Crippen MR) is 88.9 cm³/mol. The molecule has 1 N–H and O–H groups in total. The molecule has 8 heteroatoms. The number of hydrogen-bond acceptors (Lipinski definition) is 6. The molecular weight excluding hydrogens is 326 g/mol. The number of carbonyl (C=O) groups excluding carboxylic acids is 1. The minimum atomic E-state index is -0.0653. The monoisotopic (exact) mass is 343 g/mol. The van der Waals surface area contributed by atoms with Crippen LogP contribution >= 0.6 is 11.3 Å². The Morgan fingerprint density at radius 1 is 1.42 bits per heavy atom. The molecular formula is C16H17N5O2S. The van der Waals surface area contributed by atoms with Crippen molar-refractivity contribution in [2.45, 2.75) is 26.2 Å². The van der Waals surface area contributed by atoms with Gasteiger partial charge in [-0.05, 0) is 38.5 Å². The van der Waals surface area contributed by atoms with Gasteiger partial charge in [-0.15, -0.1) is 11.3 Å². The molecule has 3 aromatic rings. The van der Waals surface area contributed by atoms with E-state index in [1.54, 1.807) is 23.2 Å². The van der Waals surface area contributed by atoms with E-state index in [1.165, 1.54) is 4.88 Å². The molecule has 0 spiro atoms. The Labute approximate surface area is 142 Å². The predicted octanol–water partition coefficient (Wildman–Crippen LogP) is 2.77. The molecule has 7 nitrogen and oxygen atoms in total. The second-order valence-corrected chi connectivity index (χ2v) is 7.28. The number of nitrogens with one attached hydrogen (secondary N) is 1. The molecule has 0 aliphatic carbocycles. The third-order valence-corrected chi connectivity index (χ3v) is 5.20. The number of amides is 1. The summed E-state index contributed by atoms with van der Waals surface area (Å²) in [4.78, 5) is 21.0. The Kier molecular flexibility index (Phi) is 3.68. The number of likely N-dealkylation sites (tertiary alicyclic amines) is 1. The quantitative estimate of drug-likeness (QED) is 0.790. The van der Waals surface area contributed by atoms with Gasteiger partial charge >= 0.3 is 0 Å². The molecule has 0 aromatic carbocycles. The Morgan fingerprint density at radius 3 is 3.00 bits per heavy atom. The van der Waals surface area contributed by atoms with Crippen LogP contribution in [0.2, 0.25) is 0 Å². The lowest BCUT2D eigenvalue weighted by molar-refractivity contribution is 0.0783. The van der Waals surface area contributed by atoms with Crippen molar-refractivity contribution in [1.29, 1.82) is 0 Å². The highest BCUT2D eigenvalue weighted by atomic mass is 32.1. The van der Waals surface area contributed by atoms with Gasteiger partial charge in [0.2, 0.25) is 5.89 Å². The molecule has 0 bridgehead atoms. The Hall–Kier alpha value is -2.48. The highest BCUT2D eigenvalue weighted by Crippen LogP contribution is 2.29. The van der Waals surface area contributed by atoms with Crippen molar-refractivity contribution in [2.24, 2.45) is 0 Å². The summed E-state index contributed by atoms with van der Waals surface area (Å²) in [7, 11) is 0. The van der Waals surface area contributed by atoms with Gasteiger partial charge < -0.3 is 9.42 Å². The van der Waals surface area contributed by atoms with Crippen LogP contribution in [0.25, 0.3) is 10.6 Å². The van der Waals surface area contributed by atoms with Crippen LogP contribution in [0.1, 0.15) is 39.4 Å². The van der Waals surface area contributed by atoms with E-state index in [1.807, 2.05) is 12.1 Å². The van der Waals surface area contributed by atoms with E-state index in [9.17, 15) is 4.79 Å². The van der Waals surface area contributed by atoms with Crippen molar-refractivity contribution in [2.75, 3.05) is 13.1 Å². The van der Waals surface area contributed by atoms with Gasteiger partial charge in [0.25, 0.3) is 5.91 Å². The highest BCUT2D eigenvalue weighted by Gasteiger charge is 2.32. The molecule has 3 aromatic heterocycles. The summed E-state index contributed by atoms with van der Waals surface area (Å²) in [6, 6.07) is 5.91. The first-order valence-corrected chi connectivity index (χ1v) is 8.63. The third-order valence-electron chi connectivity index (χ3n) is 4.17. The first kappa shape index (κ1) is 15.1. The molecule has 4 heterocycles. The lowest BCUT2D eigenvalue weighted by atomic mass is 10.1. The summed E-state index contributed by atoms with van der Waals surface area (Å²) in [6.45, 7) is 5.11.